The van der Waals surface area contributed by atoms with Gasteiger partial charge < -0.3 is 5.32 Å². The molecule has 2 nitrogen and oxygen atoms in total. The van der Waals surface area contributed by atoms with E-state index in [9.17, 15) is 0 Å². The SMILES string of the molecule is CC(c1cccs1)N(C)CCNc1ccc(Cl)cc1. The molecule has 1 aromatic heterocycles. The first-order valence-electron chi connectivity index (χ1n) is 6.40. The summed E-state index contributed by atoms with van der Waals surface area (Å²) in [6.07, 6.45) is 0. The zero-order valence-electron chi connectivity index (χ0n) is 11.3. The molecule has 0 saturated heterocycles. The minimum Gasteiger partial charge on any atom is -0.384 e. The Hall–Kier alpha value is -1.03. The van der Waals surface area contributed by atoms with Crippen LogP contribution in [-0.4, -0.2) is 25.0 Å². The van der Waals surface area contributed by atoms with Crippen molar-refractivity contribution in [2.24, 2.45) is 0 Å². The molecule has 0 aliphatic carbocycles. The lowest BCUT2D eigenvalue weighted by molar-refractivity contribution is 0.275. The van der Waals surface area contributed by atoms with Crippen molar-refractivity contribution in [1.82, 2.24) is 4.90 Å². The van der Waals surface area contributed by atoms with Gasteiger partial charge in [0.05, 0.1) is 0 Å². The molecule has 1 unspecified atom stereocenters. The second-order valence-corrected chi connectivity index (χ2v) is 6.02. The summed E-state index contributed by atoms with van der Waals surface area (Å²) >= 11 is 7.67. The Labute approximate surface area is 124 Å². The van der Waals surface area contributed by atoms with Gasteiger partial charge in [-0.1, -0.05) is 17.7 Å². The van der Waals surface area contributed by atoms with Gasteiger partial charge in [-0.15, -0.1) is 11.3 Å². The van der Waals surface area contributed by atoms with Gasteiger partial charge in [-0.3, -0.25) is 4.90 Å². The molecule has 19 heavy (non-hydrogen) atoms. The lowest BCUT2D eigenvalue weighted by Gasteiger charge is -2.24. The Bertz CT molecular complexity index is 481. The Morgan fingerprint density at radius 3 is 2.63 bits per heavy atom. The third kappa shape index (κ3) is 4.23. The van der Waals surface area contributed by atoms with Gasteiger partial charge in [0.2, 0.25) is 0 Å². The topological polar surface area (TPSA) is 15.3 Å². The van der Waals surface area contributed by atoms with Gasteiger partial charge in [0.1, 0.15) is 0 Å². The number of rotatable bonds is 6. The first kappa shape index (κ1) is 14.4. The number of hydrogen-bond donors (Lipinski definition) is 1. The monoisotopic (exact) mass is 294 g/mol. The van der Waals surface area contributed by atoms with Gasteiger partial charge in [0.25, 0.3) is 0 Å². The molecule has 0 aliphatic rings. The molecule has 0 radical (unpaired) electrons. The van der Waals surface area contributed by atoms with E-state index in [0.29, 0.717) is 6.04 Å². The highest BCUT2D eigenvalue weighted by molar-refractivity contribution is 7.10. The van der Waals surface area contributed by atoms with Crippen LogP contribution >= 0.6 is 22.9 Å². The smallest absolute Gasteiger partial charge is 0.0411 e. The third-order valence-electron chi connectivity index (χ3n) is 3.25. The van der Waals surface area contributed by atoms with Crippen LogP contribution in [0.2, 0.25) is 5.02 Å². The average Bonchev–Trinajstić information content (AvgIpc) is 2.94. The van der Waals surface area contributed by atoms with Crippen molar-refractivity contribution >= 4 is 28.6 Å². The summed E-state index contributed by atoms with van der Waals surface area (Å²) in [6.45, 7) is 4.17. The van der Waals surface area contributed by atoms with Crippen LogP contribution in [0.15, 0.2) is 41.8 Å². The van der Waals surface area contributed by atoms with E-state index in [1.165, 1.54) is 4.88 Å². The van der Waals surface area contributed by atoms with Crippen LogP contribution in [-0.2, 0) is 0 Å². The lowest BCUT2D eigenvalue weighted by Crippen LogP contribution is -2.27. The summed E-state index contributed by atoms with van der Waals surface area (Å²) in [6, 6.07) is 12.6. The summed E-state index contributed by atoms with van der Waals surface area (Å²) in [4.78, 5) is 3.77. The van der Waals surface area contributed by atoms with Gasteiger partial charge >= 0.3 is 0 Å². The van der Waals surface area contributed by atoms with E-state index in [1.807, 2.05) is 35.6 Å². The summed E-state index contributed by atoms with van der Waals surface area (Å²) in [5.41, 5.74) is 1.11. The van der Waals surface area contributed by atoms with Crippen molar-refractivity contribution in [2.45, 2.75) is 13.0 Å². The van der Waals surface area contributed by atoms with E-state index in [4.69, 9.17) is 11.6 Å². The largest absolute Gasteiger partial charge is 0.384 e. The molecule has 4 heteroatoms. The predicted octanol–water partition coefficient (Wildman–Crippen LogP) is 4.51. The number of hydrogen-bond acceptors (Lipinski definition) is 3. The Morgan fingerprint density at radius 2 is 2.00 bits per heavy atom. The molecule has 0 bridgehead atoms. The summed E-state index contributed by atoms with van der Waals surface area (Å²) in [5, 5.41) is 6.31. The predicted molar refractivity (Wildman–Crippen MR) is 85.3 cm³/mol. The van der Waals surface area contributed by atoms with Crippen LogP contribution in [0.1, 0.15) is 17.8 Å². The molecule has 1 N–H and O–H groups in total. The van der Waals surface area contributed by atoms with E-state index < -0.39 is 0 Å². The first-order valence-corrected chi connectivity index (χ1v) is 7.65. The molecule has 0 amide bonds. The maximum atomic E-state index is 5.86. The Kier molecular flexibility index (Phi) is 5.25. The molecule has 0 aliphatic heterocycles. The van der Waals surface area contributed by atoms with Gasteiger partial charge in [-0.25, -0.2) is 0 Å². The van der Waals surface area contributed by atoms with Crippen molar-refractivity contribution < 1.29 is 0 Å². The minimum absolute atomic E-state index is 0.465. The van der Waals surface area contributed by atoms with Crippen LogP contribution in [0.3, 0.4) is 0 Å². The maximum Gasteiger partial charge on any atom is 0.0411 e. The maximum absolute atomic E-state index is 5.86. The van der Waals surface area contributed by atoms with Crippen molar-refractivity contribution in [3.05, 3.63) is 51.7 Å². The van der Waals surface area contributed by atoms with Crippen molar-refractivity contribution in [3.63, 3.8) is 0 Å². The number of halogens is 1. The number of nitrogens with zero attached hydrogens (tertiary/aromatic N) is 1. The van der Waals surface area contributed by atoms with Crippen molar-refractivity contribution in [3.8, 4) is 0 Å². The van der Waals surface area contributed by atoms with E-state index in [0.717, 1.165) is 23.8 Å². The molecule has 1 atom stereocenters. The Morgan fingerprint density at radius 1 is 1.26 bits per heavy atom. The number of anilines is 1. The van der Waals surface area contributed by atoms with Crippen LogP contribution < -0.4 is 5.32 Å². The molecule has 102 valence electrons. The Balaban J connectivity index is 1.77. The second kappa shape index (κ2) is 6.94. The second-order valence-electron chi connectivity index (χ2n) is 4.61. The standard InChI is InChI=1S/C15H19ClN2S/c1-12(15-4-3-11-19-15)18(2)10-9-17-14-7-5-13(16)6-8-14/h3-8,11-12,17H,9-10H2,1-2H3. The summed E-state index contributed by atoms with van der Waals surface area (Å²) in [7, 11) is 2.16. The quantitative estimate of drug-likeness (QED) is 0.843. The number of nitrogens with one attached hydrogen (secondary N) is 1. The fourth-order valence-electron chi connectivity index (χ4n) is 1.88. The molecule has 0 saturated carbocycles. The molecule has 2 rings (SSSR count). The summed E-state index contributed by atoms with van der Waals surface area (Å²) < 4.78 is 0. The van der Waals surface area contributed by atoms with Gasteiger partial charge in [0.15, 0.2) is 0 Å². The van der Waals surface area contributed by atoms with Crippen LogP contribution in [0.4, 0.5) is 5.69 Å². The van der Waals surface area contributed by atoms with E-state index in [2.05, 4.69) is 41.7 Å². The van der Waals surface area contributed by atoms with E-state index in [1.54, 1.807) is 0 Å². The van der Waals surface area contributed by atoms with Crippen LogP contribution in [0.5, 0.6) is 0 Å². The molecule has 0 spiro atoms. The first-order chi connectivity index (χ1) is 9.16. The highest BCUT2D eigenvalue weighted by Gasteiger charge is 2.11. The third-order valence-corrected chi connectivity index (χ3v) is 4.55. The summed E-state index contributed by atoms with van der Waals surface area (Å²) in [5.74, 6) is 0. The van der Waals surface area contributed by atoms with Gasteiger partial charge in [-0.05, 0) is 49.7 Å². The van der Waals surface area contributed by atoms with Gasteiger partial charge in [0, 0.05) is 34.7 Å². The normalized spacial score (nSPS) is 12.6. The van der Waals surface area contributed by atoms with Crippen LogP contribution in [0, 0.1) is 0 Å². The van der Waals surface area contributed by atoms with E-state index in [-0.39, 0.29) is 0 Å². The molecule has 1 heterocycles. The molecular weight excluding hydrogens is 276 g/mol. The van der Waals surface area contributed by atoms with E-state index >= 15 is 0 Å². The molecule has 2 aromatic rings. The molecule has 1 aromatic carbocycles. The van der Waals surface area contributed by atoms with Gasteiger partial charge in [-0.2, -0.15) is 0 Å². The average molecular weight is 295 g/mol. The molecular formula is C15H19ClN2S. The fraction of sp³-hybridized carbons (Fsp3) is 0.333. The van der Waals surface area contributed by atoms with Crippen molar-refractivity contribution in [1.29, 1.82) is 0 Å². The minimum atomic E-state index is 0.465. The van der Waals surface area contributed by atoms with Crippen LogP contribution in [0.25, 0.3) is 0 Å². The molecule has 0 fully saturated rings. The zero-order chi connectivity index (χ0) is 13.7. The zero-order valence-corrected chi connectivity index (χ0v) is 12.8. The highest BCUT2D eigenvalue weighted by Crippen LogP contribution is 2.23. The fourth-order valence-corrected chi connectivity index (χ4v) is 2.86. The lowest BCUT2D eigenvalue weighted by atomic mass is 10.2. The number of thiophene rings is 1. The number of benzene rings is 1. The van der Waals surface area contributed by atoms with Crippen molar-refractivity contribution in [2.75, 3.05) is 25.5 Å². The number of likely N-dealkylation sites (N-methyl/N-ethyl adjacent to an activating group) is 1. The highest BCUT2D eigenvalue weighted by atomic mass is 35.5.